The van der Waals surface area contributed by atoms with Gasteiger partial charge in [-0.1, -0.05) is 32.4 Å². The van der Waals surface area contributed by atoms with E-state index in [-0.39, 0.29) is 12.3 Å². The largest absolute Gasteiger partial charge is 0.494 e. The van der Waals surface area contributed by atoms with Gasteiger partial charge in [-0.2, -0.15) is 0 Å². The van der Waals surface area contributed by atoms with Gasteiger partial charge in [-0.05, 0) is 61.9 Å². The van der Waals surface area contributed by atoms with Crippen LogP contribution in [0, 0.1) is 11.3 Å². The van der Waals surface area contributed by atoms with E-state index in [2.05, 4.69) is 15.5 Å². The Morgan fingerprint density at radius 2 is 1.76 bits per heavy atom. The summed E-state index contributed by atoms with van der Waals surface area (Å²) in [6.45, 7) is 10.7. The molecule has 4 N–H and O–H groups in total. The molecule has 10 nitrogen and oxygen atoms in total. The lowest BCUT2D eigenvalue weighted by molar-refractivity contribution is -0.137. The molecule has 1 heterocycles. The summed E-state index contributed by atoms with van der Waals surface area (Å²) in [6.07, 6.45) is 2.31. The molecule has 38 heavy (non-hydrogen) atoms. The van der Waals surface area contributed by atoms with Gasteiger partial charge in [0.25, 0.3) is 0 Å². The third-order valence-electron chi connectivity index (χ3n) is 6.43. The Morgan fingerprint density at radius 3 is 2.39 bits per heavy atom. The van der Waals surface area contributed by atoms with Gasteiger partial charge in [0.05, 0.1) is 19.8 Å². The normalized spacial score (nSPS) is 15.8. The molecule has 0 saturated carbocycles. The molecule has 1 saturated heterocycles. The Bertz CT molecular complexity index is 871. The topological polar surface area (TPSA) is 129 Å². The molecule has 2 atom stereocenters. The maximum absolute atomic E-state index is 13.2. The molecule has 1 aliphatic heterocycles. The SMILES string of the molecule is CC(C)(C)[C@H](NC(=O)[C@H](CCCCOc1ccc(Cl)cc1)CC(=O)NO)C(=O)NCCCN1CCOCC1. The monoisotopic (exact) mass is 554 g/mol. The number of nitrogens with zero attached hydrogens (tertiary/aromatic N) is 1. The summed E-state index contributed by atoms with van der Waals surface area (Å²) in [7, 11) is 0. The highest BCUT2D eigenvalue weighted by molar-refractivity contribution is 6.30. The maximum atomic E-state index is 13.2. The molecule has 0 unspecified atom stereocenters. The Labute approximate surface area is 230 Å². The first-order chi connectivity index (χ1) is 18.1. The fourth-order valence-electron chi connectivity index (χ4n) is 4.19. The number of carbonyl (C=O) groups excluding carboxylic acids is 3. The van der Waals surface area contributed by atoms with Gasteiger partial charge in [0.15, 0.2) is 0 Å². The van der Waals surface area contributed by atoms with Crippen LogP contribution in [-0.2, 0) is 19.1 Å². The number of unbranched alkanes of at least 4 members (excludes halogenated alkanes) is 1. The lowest BCUT2D eigenvalue weighted by Crippen LogP contribution is -2.55. The van der Waals surface area contributed by atoms with Crippen molar-refractivity contribution in [1.29, 1.82) is 0 Å². The van der Waals surface area contributed by atoms with E-state index in [9.17, 15) is 14.4 Å². The van der Waals surface area contributed by atoms with E-state index in [0.717, 1.165) is 39.3 Å². The number of hydrogen-bond acceptors (Lipinski definition) is 7. The zero-order valence-electron chi connectivity index (χ0n) is 22.8. The summed E-state index contributed by atoms with van der Waals surface area (Å²) < 4.78 is 11.0. The van der Waals surface area contributed by atoms with Crippen LogP contribution in [0.3, 0.4) is 0 Å². The van der Waals surface area contributed by atoms with Gasteiger partial charge in [0.1, 0.15) is 11.8 Å². The van der Waals surface area contributed by atoms with Crippen molar-refractivity contribution in [1.82, 2.24) is 21.0 Å². The van der Waals surface area contributed by atoms with Crippen molar-refractivity contribution in [3.63, 3.8) is 0 Å². The number of halogens is 1. The van der Waals surface area contributed by atoms with Crippen LogP contribution in [0.2, 0.25) is 5.02 Å². The van der Waals surface area contributed by atoms with Gasteiger partial charge in [-0.3, -0.25) is 24.5 Å². The second kappa shape index (κ2) is 16.5. The van der Waals surface area contributed by atoms with E-state index in [4.69, 9.17) is 26.3 Å². The zero-order valence-corrected chi connectivity index (χ0v) is 23.5. The van der Waals surface area contributed by atoms with E-state index in [1.54, 1.807) is 29.7 Å². The molecule has 214 valence electrons. The second-order valence-corrected chi connectivity index (χ2v) is 11.1. The minimum absolute atomic E-state index is 0.182. The summed E-state index contributed by atoms with van der Waals surface area (Å²) >= 11 is 5.88. The number of hydroxylamine groups is 1. The van der Waals surface area contributed by atoms with E-state index in [1.807, 2.05) is 20.8 Å². The standard InChI is InChI=1S/C27H43ClN4O6/c1-27(2,3)24(26(35)29-12-6-13-32-14-17-37-18-15-32)30-25(34)20(19-23(33)31-36)7-4-5-16-38-22-10-8-21(28)9-11-22/h8-11,20,24,36H,4-7,12-19H2,1-3H3,(H,29,35)(H,30,34)(H,31,33)/t20-,24-/m1/s1. The fraction of sp³-hybridized carbons (Fsp3) is 0.667. The summed E-state index contributed by atoms with van der Waals surface area (Å²) in [4.78, 5) is 40.4. The van der Waals surface area contributed by atoms with Crippen molar-refractivity contribution in [2.75, 3.05) is 46.0 Å². The molecule has 0 spiro atoms. The Balaban J connectivity index is 1.86. The van der Waals surface area contributed by atoms with Crippen molar-refractivity contribution < 1.29 is 29.1 Å². The summed E-state index contributed by atoms with van der Waals surface area (Å²) in [5.74, 6) is -1.29. The highest BCUT2D eigenvalue weighted by Crippen LogP contribution is 2.22. The van der Waals surface area contributed by atoms with Crippen molar-refractivity contribution in [3.8, 4) is 5.75 Å². The van der Waals surface area contributed by atoms with Crippen LogP contribution in [-0.4, -0.2) is 79.9 Å². The number of amides is 3. The molecule has 11 heteroatoms. The van der Waals surface area contributed by atoms with E-state index >= 15 is 0 Å². The van der Waals surface area contributed by atoms with Gasteiger partial charge in [-0.15, -0.1) is 0 Å². The molecule has 1 fully saturated rings. The predicted molar refractivity (Wildman–Crippen MR) is 145 cm³/mol. The average molecular weight is 555 g/mol. The third kappa shape index (κ3) is 12.0. The molecule has 3 amide bonds. The van der Waals surface area contributed by atoms with Crippen LogP contribution >= 0.6 is 11.6 Å². The van der Waals surface area contributed by atoms with Gasteiger partial charge in [-0.25, -0.2) is 5.48 Å². The van der Waals surface area contributed by atoms with Crippen LogP contribution in [0.5, 0.6) is 5.75 Å². The highest BCUT2D eigenvalue weighted by Gasteiger charge is 2.34. The second-order valence-electron chi connectivity index (χ2n) is 10.6. The zero-order chi connectivity index (χ0) is 28.0. The number of rotatable bonds is 15. The number of nitrogens with one attached hydrogen (secondary N) is 3. The van der Waals surface area contributed by atoms with Crippen LogP contribution in [0.4, 0.5) is 0 Å². The van der Waals surface area contributed by atoms with Crippen LogP contribution < -0.4 is 20.9 Å². The molecule has 0 aliphatic carbocycles. The summed E-state index contributed by atoms with van der Waals surface area (Å²) in [5.41, 5.74) is 1.06. The molecular weight excluding hydrogens is 512 g/mol. The van der Waals surface area contributed by atoms with E-state index < -0.39 is 29.2 Å². The van der Waals surface area contributed by atoms with Crippen molar-refractivity contribution >= 4 is 29.3 Å². The number of morpholine rings is 1. The maximum Gasteiger partial charge on any atom is 0.244 e. The predicted octanol–water partition coefficient (Wildman–Crippen LogP) is 2.77. The highest BCUT2D eigenvalue weighted by atomic mass is 35.5. The minimum Gasteiger partial charge on any atom is -0.494 e. The van der Waals surface area contributed by atoms with Crippen LogP contribution in [0.1, 0.15) is 52.9 Å². The van der Waals surface area contributed by atoms with Crippen molar-refractivity contribution in [3.05, 3.63) is 29.3 Å². The van der Waals surface area contributed by atoms with Crippen LogP contribution in [0.15, 0.2) is 24.3 Å². The molecule has 0 radical (unpaired) electrons. The first-order valence-corrected chi connectivity index (χ1v) is 13.7. The lowest BCUT2D eigenvalue weighted by Gasteiger charge is -2.32. The average Bonchev–Trinajstić information content (AvgIpc) is 2.89. The first kappa shape index (κ1) is 31.8. The van der Waals surface area contributed by atoms with E-state index in [0.29, 0.717) is 43.2 Å². The van der Waals surface area contributed by atoms with Gasteiger partial charge >= 0.3 is 0 Å². The molecular formula is C27H43ClN4O6. The van der Waals surface area contributed by atoms with Crippen molar-refractivity contribution in [2.24, 2.45) is 11.3 Å². The fourth-order valence-corrected chi connectivity index (χ4v) is 4.31. The van der Waals surface area contributed by atoms with Gasteiger partial charge < -0.3 is 20.1 Å². The summed E-state index contributed by atoms with van der Waals surface area (Å²) in [6, 6.07) is 6.29. The molecule has 1 aliphatic rings. The lowest BCUT2D eigenvalue weighted by atomic mass is 9.85. The molecule has 0 aromatic heterocycles. The first-order valence-electron chi connectivity index (χ1n) is 13.3. The smallest absolute Gasteiger partial charge is 0.244 e. The Kier molecular flexibility index (Phi) is 13.8. The number of hydrogen-bond donors (Lipinski definition) is 4. The molecule has 2 rings (SSSR count). The summed E-state index contributed by atoms with van der Waals surface area (Å²) in [5, 5.41) is 15.4. The quantitative estimate of drug-likeness (QED) is 0.149. The van der Waals surface area contributed by atoms with Crippen LogP contribution in [0.25, 0.3) is 0 Å². The third-order valence-corrected chi connectivity index (χ3v) is 6.68. The number of benzene rings is 1. The van der Waals surface area contributed by atoms with Gasteiger partial charge in [0.2, 0.25) is 17.7 Å². The van der Waals surface area contributed by atoms with Crippen molar-refractivity contribution in [2.45, 2.75) is 58.9 Å². The number of ether oxygens (including phenoxy) is 2. The Hall–Kier alpha value is -2.40. The van der Waals surface area contributed by atoms with E-state index in [1.165, 1.54) is 0 Å². The molecule has 1 aromatic rings. The Morgan fingerprint density at radius 1 is 1.08 bits per heavy atom. The minimum atomic E-state index is -0.772. The number of carbonyl (C=O) groups is 3. The molecule has 1 aromatic carbocycles. The molecule has 0 bridgehead atoms. The van der Waals surface area contributed by atoms with Gasteiger partial charge in [0, 0.05) is 37.0 Å².